The van der Waals surface area contributed by atoms with Crippen LogP contribution < -0.4 is 0 Å². The lowest BCUT2D eigenvalue weighted by Crippen LogP contribution is -2.01. The van der Waals surface area contributed by atoms with Crippen LogP contribution in [-0.2, 0) is 0 Å². The van der Waals surface area contributed by atoms with Crippen molar-refractivity contribution in [1.29, 1.82) is 0 Å². The molecule has 3 heterocycles. The zero-order chi connectivity index (χ0) is 35.3. The number of para-hydroxylation sites is 1. The Hall–Kier alpha value is -7.37. The van der Waals surface area contributed by atoms with Gasteiger partial charge in [-0.25, -0.2) is 15.0 Å². The van der Waals surface area contributed by atoms with Crippen LogP contribution in [0.3, 0.4) is 0 Å². The molecule has 1 aliphatic carbocycles. The van der Waals surface area contributed by atoms with Crippen LogP contribution in [0, 0.1) is 0 Å². The van der Waals surface area contributed by atoms with Crippen LogP contribution >= 0.6 is 0 Å². The second kappa shape index (κ2) is 11.1. The van der Waals surface area contributed by atoms with Gasteiger partial charge in [-0.1, -0.05) is 127 Å². The van der Waals surface area contributed by atoms with E-state index in [2.05, 4.69) is 115 Å². The molecular formula is C49H27N3O2. The van der Waals surface area contributed by atoms with Gasteiger partial charge in [-0.2, -0.15) is 0 Å². The summed E-state index contributed by atoms with van der Waals surface area (Å²) >= 11 is 0. The quantitative estimate of drug-likeness (QED) is 0.184. The lowest BCUT2D eigenvalue weighted by atomic mass is 9.98. The van der Waals surface area contributed by atoms with Crippen LogP contribution in [0.4, 0.5) is 0 Å². The van der Waals surface area contributed by atoms with Crippen molar-refractivity contribution >= 4 is 54.6 Å². The zero-order valence-electron chi connectivity index (χ0n) is 28.7. The summed E-state index contributed by atoms with van der Waals surface area (Å²) in [6, 6.07) is 56.7. The van der Waals surface area contributed by atoms with E-state index in [9.17, 15) is 0 Å². The number of hydrogen-bond acceptors (Lipinski definition) is 5. The van der Waals surface area contributed by atoms with Crippen LogP contribution in [0.1, 0.15) is 0 Å². The van der Waals surface area contributed by atoms with E-state index in [0.29, 0.717) is 17.5 Å². The molecule has 0 amide bonds. The summed E-state index contributed by atoms with van der Waals surface area (Å²) < 4.78 is 12.9. The fraction of sp³-hybridized carbons (Fsp3) is 0. The molecule has 0 bridgehead atoms. The number of hydrogen-bond donors (Lipinski definition) is 0. The van der Waals surface area contributed by atoms with Gasteiger partial charge in [0.25, 0.3) is 0 Å². The maximum atomic E-state index is 6.54. The van der Waals surface area contributed by atoms with Crippen LogP contribution in [-0.4, -0.2) is 15.0 Å². The molecule has 0 N–H and O–H groups in total. The Morgan fingerprint density at radius 3 is 1.52 bits per heavy atom. The molecule has 11 aromatic rings. The topological polar surface area (TPSA) is 65.0 Å². The molecule has 8 aromatic carbocycles. The largest absolute Gasteiger partial charge is 0.456 e. The SMILES string of the molecule is c1ccc(-c2ccc3c(c2)oc2cccc(-c4nc(-c5ccc6c7c(cccc57)-c5ccccc5-6)nc(-c5cccc6oc7ccccc7c56)n4)c23)cc1. The Bertz CT molecular complexity index is 3310. The predicted molar refractivity (Wildman–Crippen MR) is 218 cm³/mol. The minimum Gasteiger partial charge on any atom is -0.456 e. The first-order valence-electron chi connectivity index (χ1n) is 18.1. The maximum absolute atomic E-state index is 6.54. The first-order valence-corrected chi connectivity index (χ1v) is 18.1. The molecule has 12 rings (SSSR count). The average Bonchev–Trinajstić information content (AvgIpc) is 3.91. The van der Waals surface area contributed by atoms with Crippen LogP contribution in [0.15, 0.2) is 173 Å². The van der Waals surface area contributed by atoms with Gasteiger partial charge in [0.15, 0.2) is 17.5 Å². The van der Waals surface area contributed by atoms with E-state index in [4.69, 9.17) is 23.8 Å². The Kier molecular flexibility index (Phi) is 5.99. The second-order valence-corrected chi connectivity index (χ2v) is 13.9. The monoisotopic (exact) mass is 689 g/mol. The molecule has 0 fully saturated rings. The second-order valence-electron chi connectivity index (χ2n) is 13.9. The summed E-state index contributed by atoms with van der Waals surface area (Å²) in [5.74, 6) is 1.76. The van der Waals surface area contributed by atoms with E-state index in [-0.39, 0.29) is 0 Å². The number of rotatable bonds is 4. The number of benzene rings is 8. The number of fused-ring (bicyclic) bond motifs is 9. The zero-order valence-corrected chi connectivity index (χ0v) is 28.7. The molecule has 0 aliphatic heterocycles. The van der Waals surface area contributed by atoms with E-state index in [1.165, 1.54) is 27.6 Å². The Morgan fingerprint density at radius 2 is 0.778 bits per heavy atom. The fourth-order valence-electron chi connectivity index (χ4n) is 8.52. The van der Waals surface area contributed by atoms with Crippen molar-refractivity contribution in [3.63, 3.8) is 0 Å². The summed E-state index contributed by atoms with van der Waals surface area (Å²) in [5.41, 5.74) is 13.1. The maximum Gasteiger partial charge on any atom is 0.164 e. The van der Waals surface area contributed by atoms with Gasteiger partial charge < -0.3 is 8.83 Å². The number of nitrogens with zero attached hydrogens (tertiary/aromatic N) is 3. The molecule has 54 heavy (non-hydrogen) atoms. The molecule has 3 aromatic heterocycles. The van der Waals surface area contributed by atoms with Gasteiger partial charge in [0.2, 0.25) is 0 Å². The third kappa shape index (κ3) is 4.18. The minimum atomic E-state index is 0.576. The minimum absolute atomic E-state index is 0.576. The molecular weight excluding hydrogens is 663 g/mol. The number of furan rings is 2. The average molecular weight is 690 g/mol. The van der Waals surface area contributed by atoms with Crippen molar-refractivity contribution in [3.05, 3.63) is 164 Å². The molecule has 0 unspecified atom stereocenters. The van der Waals surface area contributed by atoms with Crippen molar-refractivity contribution in [1.82, 2.24) is 15.0 Å². The van der Waals surface area contributed by atoms with Gasteiger partial charge in [-0.05, 0) is 80.6 Å². The van der Waals surface area contributed by atoms with E-state index in [0.717, 1.165) is 77.1 Å². The highest BCUT2D eigenvalue weighted by Gasteiger charge is 2.25. The van der Waals surface area contributed by atoms with Gasteiger partial charge in [0.1, 0.15) is 22.3 Å². The summed E-state index contributed by atoms with van der Waals surface area (Å²) in [7, 11) is 0. The van der Waals surface area contributed by atoms with E-state index in [1.54, 1.807) is 0 Å². The molecule has 0 saturated heterocycles. The molecule has 0 saturated carbocycles. The normalized spacial score (nSPS) is 12.1. The Labute approximate surface area is 308 Å². The Morgan fingerprint density at radius 1 is 0.278 bits per heavy atom. The smallest absolute Gasteiger partial charge is 0.164 e. The van der Waals surface area contributed by atoms with Crippen LogP contribution in [0.2, 0.25) is 0 Å². The highest BCUT2D eigenvalue weighted by Crippen LogP contribution is 2.49. The Balaban J connectivity index is 1.14. The van der Waals surface area contributed by atoms with Crippen LogP contribution in [0.5, 0.6) is 0 Å². The van der Waals surface area contributed by atoms with E-state index >= 15 is 0 Å². The van der Waals surface area contributed by atoms with Gasteiger partial charge in [-0.15, -0.1) is 0 Å². The van der Waals surface area contributed by atoms with E-state index in [1.807, 2.05) is 48.5 Å². The summed E-state index contributed by atoms with van der Waals surface area (Å²) in [5, 5.41) is 6.31. The van der Waals surface area contributed by atoms with Gasteiger partial charge in [0.05, 0.1) is 0 Å². The molecule has 250 valence electrons. The summed E-state index contributed by atoms with van der Waals surface area (Å²) in [6.45, 7) is 0. The van der Waals surface area contributed by atoms with Crippen molar-refractivity contribution < 1.29 is 8.83 Å². The molecule has 1 aliphatic rings. The van der Waals surface area contributed by atoms with E-state index < -0.39 is 0 Å². The third-order valence-electron chi connectivity index (χ3n) is 10.9. The molecule has 5 nitrogen and oxygen atoms in total. The molecule has 0 atom stereocenters. The van der Waals surface area contributed by atoms with Crippen molar-refractivity contribution in [2.45, 2.75) is 0 Å². The standard InChI is InChI=1S/C49H27N3O2/c1-2-11-28(12-3-1)29-23-24-37-43(27-29)54-42-22-10-19-39(46(37)42)49-51-47(35-26-25-34-31-14-5-4-13-30(31)32-16-8-17-33(35)44(32)34)50-48(52-49)38-18-9-21-41-45(38)36-15-6-7-20-40(36)53-41/h1-27H. The lowest BCUT2D eigenvalue weighted by molar-refractivity contribution is 0.668. The highest BCUT2D eigenvalue weighted by atomic mass is 16.3. The van der Waals surface area contributed by atoms with Gasteiger partial charge in [-0.3, -0.25) is 0 Å². The van der Waals surface area contributed by atoms with Crippen molar-refractivity contribution in [2.75, 3.05) is 0 Å². The fourth-order valence-corrected chi connectivity index (χ4v) is 8.52. The lowest BCUT2D eigenvalue weighted by Gasteiger charge is -2.12. The molecule has 0 spiro atoms. The highest BCUT2D eigenvalue weighted by molar-refractivity contribution is 6.19. The molecule has 0 radical (unpaired) electrons. The third-order valence-corrected chi connectivity index (χ3v) is 10.9. The van der Waals surface area contributed by atoms with Crippen LogP contribution in [0.25, 0.3) is 122 Å². The van der Waals surface area contributed by atoms with Crippen molar-refractivity contribution in [2.24, 2.45) is 0 Å². The van der Waals surface area contributed by atoms with Gasteiger partial charge in [0, 0.05) is 38.2 Å². The van der Waals surface area contributed by atoms with Crippen molar-refractivity contribution in [3.8, 4) is 67.5 Å². The number of aromatic nitrogens is 3. The first-order chi connectivity index (χ1) is 26.8. The van der Waals surface area contributed by atoms with Gasteiger partial charge >= 0.3 is 0 Å². The summed E-state index contributed by atoms with van der Waals surface area (Å²) in [6.07, 6.45) is 0. The summed E-state index contributed by atoms with van der Waals surface area (Å²) in [4.78, 5) is 15.9. The predicted octanol–water partition coefficient (Wildman–Crippen LogP) is 13.1. The molecule has 5 heteroatoms. The first kappa shape index (κ1) is 29.2.